The largest absolute Gasteiger partial charge is 0.496 e. The lowest BCUT2D eigenvalue weighted by Gasteiger charge is -2.21. The van der Waals surface area contributed by atoms with Gasteiger partial charge in [-0.3, -0.25) is 9.69 Å². The summed E-state index contributed by atoms with van der Waals surface area (Å²) in [5.41, 5.74) is 1.79. The van der Waals surface area contributed by atoms with E-state index in [2.05, 4.69) is 4.98 Å². The highest BCUT2D eigenvalue weighted by molar-refractivity contribution is 7.16. The minimum absolute atomic E-state index is 0.229. The predicted molar refractivity (Wildman–Crippen MR) is 118 cm³/mol. The number of aryl methyl sites for hydroxylation is 1. The van der Waals surface area contributed by atoms with Crippen LogP contribution in [0.4, 0.5) is 5.13 Å². The molecule has 0 saturated carbocycles. The quantitative estimate of drug-likeness (QED) is 0.497. The molecule has 0 aliphatic heterocycles. The van der Waals surface area contributed by atoms with Crippen LogP contribution in [0, 0.1) is 6.92 Å². The molecule has 156 valence electrons. The van der Waals surface area contributed by atoms with Gasteiger partial charge in [-0.1, -0.05) is 42.5 Å². The summed E-state index contributed by atoms with van der Waals surface area (Å²) in [6.45, 7) is 4.23. The van der Waals surface area contributed by atoms with E-state index in [-0.39, 0.29) is 18.2 Å². The Morgan fingerprint density at radius 2 is 1.77 bits per heavy atom. The second-order valence-electron chi connectivity index (χ2n) is 6.51. The SMILES string of the molecule is CCOC(=O)c1nc(N(CCc2ccccc2)C(=O)c2ccccc2OC)sc1C. The van der Waals surface area contributed by atoms with Gasteiger partial charge in [-0.05, 0) is 38.0 Å². The molecule has 0 N–H and O–H groups in total. The molecule has 0 unspecified atom stereocenters. The summed E-state index contributed by atoms with van der Waals surface area (Å²) >= 11 is 1.30. The number of esters is 1. The molecule has 0 fully saturated rings. The van der Waals surface area contributed by atoms with Crippen molar-refractivity contribution in [2.75, 3.05) is 25.2 Å². The average Bonchev–Trinajstić information content (AvgIpc) is 3.16. The van der Waals surface area contributed by atoms with Crippen molar-refractivity contribution in [2.24, 2.45) is 0 Å². The molecule has 3 rings (SSSR count). The third-order valence-corrected chi connectivity index (χ3v) is 5.53. The number of amides is 1. The molecule has 30 heavy (non-hydrogen) atoms. The molecule has 0 aliphatic rings. The number of carbonyl (C=O) groups excluding carboxylic acids is 2. The lowest BCUT2D eigenvalue weighted by atomic mass is 10.1. The van der Waals surface area contributed by atoms with Gasteiger partial charge in [-0.2, -0.15) is 0 Å². The lowest BCUT2D eigenvalue weighted by Crippen LogP contribution is -2.33. The van der Waals surface area contributed by atoms with E-state index < -0.39 is 5.97 Å². The first kappa shape index (κ1) is 21.5. The number of ether oxygens (including phenoxy) is 2. The fourth-order valence-corrected chi connectivity index (χ4v) is 3.94. The molecule has 0 saturated heterocycles. The van der Waals surface area contributed by atoms with Crippen LogP contribution in [0.25, 0.3) is 0 Å². The Morgan fingerprint density at radius 1 is 1.07 bits per heavy atom. The van der Waals surface area contributed by atoms with Gasteiger partial charge in [0.1, 0.15) is 5.75 Å². The van der Waals surface area contributed by atoms with Gasteiger partial charge < -0.3 is 9.47 Å². The van der Waals surface area contributed by atoms with Crippen LogP contribution in [0.3, 0.4) is 0 Å². The molecule has 0 radical (unpaired) electrons. The maximum absolute atomic E-state index is 13.5. The van der Waals surface area contributed by atoms with Crippen molar-refractivity contribution in [3.8, 4) is 5.75 Å². The fourth-order valence-electron chi connectivity index (χ4n) is 3.02. The first-order chi connectivity index (χ1) is 14.5. The van der Waals surface area contributed by atoms with Crippen molar-refractivity contribution in [1.29, 1.82) is 0 Å². The Kier molecular flexibility index (Phi) is 7.19. The van der Waals surface area contributed by atoms with Gasteiger partial charge in [0.2, 0.25) is 0 Å². The number of nitrogens with zero attached hydrogens (tertiary/aromatic N) is 2. The van der Waals surface area contributed by atoms with E-state index in [0.29, 0.717) is 34.3 Å². The van der Waals surface area contributed by atoms with Crippen LogP contribution in [-0.2, 0) is 11.2 Å². The van der Waals surface area contributed by atoms with Gasteiger partial charge in [0.15, 0.2) is 10.8 Å². The number of hydrogen-bond acceptors (Lipinski definition) is 6. The van der Waals surface area contributed by atoms with Crippen LogP contribution >= 0.6 is 11.3 Å². The highest BCUT2D eigenvalue weighted by Gasteiger charge is 2.26. The summed E-state index contributed by atoms with van der Waals surface area (Å²) in [4.78, 5) is 32.4. The van der Waals surface area contributed by atoms with Crippen molar-refractivity contribution >= 4 is 28.3 Å². The van der Waals surface area contributed by atoms with E-state index in [0.717, 1.165) is 5.56 Å². The molecule has 1 aromatic heterocycles. The smallest absolute Gasteiger partial charge is 0.358 e. The molecule has 0 atom stereocenters. The lowest BCUT2D eigenvalue weighted by molar-refractivity contribution is 0.0519. The predicted octanol–water partition coefficient (Wildman–Crippen LogP) is 4.53. The Hall–Kier alpha value is -3.19. The minimum Gasteiger partial charge on any atom is -0.496 e. The van der Waals surface area contributed by atoms with Gasteiger partial charge in [-0.15, -0.1) is 11.3 Å². The Morgan fingerprint density at radius 3 is 2.47 bits per heavy atom. The van der Waals surface area contributed by atoms with Gasteiger partial charge in [-0.25, -0.2) is 9.78 Å². The number of carbonyl (C=O) groups is 2. The zero-order chi connectivity index (χ0) is 21.5. The number of hydrogen-bond donors (Lipinski definition) is 0. The second kappa shape index (κ2) is 10.0. The van der Waals surface area contributed by atoms with Crippen LogP contribution in [0.15, 0.2) is 54.6 Å². The van der Waals surface area contributed by atoms with Crippen molar-refractivity contribution in [3.05, 3.63) is 76.3 Å². The van der Waals surface area contributed by atoms with Gasteiger partial charge in [0.05, 0.1) is 19.3 Å². The van der Waals surface area contributed by atoms with Gasteiger partial charge in [0.25, 0.3) is 5.91 Å². The molecular weight excluding hydrogens is 400 g/mol. The van der Waals surface area contributed by atoms with Crippen LogP contribution in [-0.4, -0.2) is 37.1 Å². The van der Waals surface area contributed by atoms with Crippen LogP contribution in [0.5, 0.6) is 5.75 Å². The molecule has 1 heterocycles. The molecule has 7 heteroatoms. The molecular formula is C23H24N2O4S. The van der Waals surface area contributed by atoms with E-state index in [1.165, 1.54) is 18.4 Å². The highest BCUT2D eigenvalue weighted by Crippen LogP contribution is 2.29. The normalized spacial score (nSPS) is 10.5. The topological polar surface area (TPSA) is 68.7 Å². The van der Waals surface area contributed by atoms with E-state index in [1.54, 1.807) is 36.9 Å². The first-order valence-corrected chi connectivity index (χ1v) is 10.5. The number of para-hydroxylation sites is 1. The van der Waals surface area contributed by atoms with Gasteiger partial charge >= 0.3 is 5.97 Å². The molecule has 1 amide bonds. The third-order valence-electron chi connectivity index (χ3n) is 4.53. The maximum Gasteiger partial charge on any atom is 0.358 e. The average molecular weight is 425 g/mol. The van der Waals surface area contributed by atoms with Crippen molar-refractivity contribution in [3.63, 3.8) is 0 Å². The summed E-state index contributed by atoms with van der Waals surface area (Å²) in [5, 5.41) is 0.461. The summed E-state index contributed by atoms with van der Waals surface area (Å²) in [5.74, 6) is -0.219. The van der Waals surface area contributed by atoms with Crippen molar-refractivity contribution in [2.45, 2.75) is 20.3 Å². The monoisotopic (exact) mass is 424 g/mol. The number of thiazole rings is 1. The van der Waals surface area contributed by atoms with E-state index in [9.17, 15) is 9.59 Å². The fraction of sp³-hybridized carbons (Fsp3) is 0.261. The second-order valence-corrected chi connectivity index (χ2v) is 7.70. The summed E-state index contributed by atoms with van der Waals surface area (Å²) in [7, 11) is 1.53. The zero-order valence-electron chi connectivity index (χ0n) is 17.3. The highest BCUT2D eigenvalue weighted by atomic mass is 32.1. The van der Waals surface area contributed by atoms with E-state index in [1.807, 2.05) is 36.4 Å². The van der Waals surface area contributed by atoms with Crippen molar-refractivity contribution < 1.29 is 19.1 Å². The number of aromatic nitrogens is 1. The number of anilines is 1. The Balaban J connectivity index is 1.96. The standard InChI is InChI=1S/C23H24N2O4S/c1-4-29-22(27)20-16(2)30-23(24-20)25(15-14-17-10-6-5-7-11-17)21(26)18-12-8-9-13-19(18)28-3/h5-13H,4,14-15H2,1-3H3. The molecule has 3 aromatic rings. The molecule has 0 bridgehead atoms. The van der Waals surface area contributed by atoms with E-state index >= 15 is 0 Å². The molecule has 2 aromatic carbocycles. The Labute approximate surface area is 180 Å². The van der Waals surface area contributed by atoms with Crippen molar-refractivity contribution in [1.82, 2.24) is 4.98 Å². The van der Waals surface area contributed by atoms with Crippen LogP contribution in [0.2, 0.25) is 0 Å². The van der Waals surface area contributed by atoms with Crippen LogP contribution in [0.1, 0.15) is 38.2 Å². The number of benzene rings is 2. The third kappa shape index (κ3) is 4.86. The summed E-state index contributed by atoms with van der Waals surface area (Å²) in [6, 6.07) is 17.0. The zero-order valence-corrected chi connectivity index (χ0v) is 18.1. The van der Waals surface area contributed by atoms with Gasteiger partial charge in [0, 0.05) is 11.4 Å². The number of methoxy groups -OCH3 is 1. The summed E-state index contributed by atoms with van der Waals surface area (Å²) < 4.78 is 10.5. The number of rotatable bonds is 8. The summed E-state index contributed by atoms with van der Waals surface area (Å²) in [6.07, 6.45) is 0.648. The maximum atomic E-state index is 13.5. The molecule has 6 nitrogen and oxygen atoms in total. The van der Waals surface area contributed by atoms with Crippen LogP contribution < -0.4 is 9.64 Å². The molecule has 0 aliphatic carbocycles. The minimum atomic E-state index is -0.481. The molecule has 0 spiro atoms. The first-order valence-electron chi connectivity index (χ1n) is 9.68. The van der Waals surface area contributed by atoms with E-state index in [4.69, 9.17) is 9.47 Å². The Bertz CT molecular complexity index is 1020.